The fraction of sp³-hybridized carbons (Fsp3) is 0.583. The Morgan fingerprint density at radius 3 is 2.50 bits per heavy atom. The summed E-state index contributed by atoms with van der Waals surface area (Å²) < 4.78 is 6.57. The first-order valence-electron chi connectivity index (χ1n) is 5.65. The van der Waals surface area contributed by atoms with Crippen molar-refractivity contribution in [1.82, 2.24) is 9.78 Å². The topological polar surface area (TPSA) is 93.9 Å². The van der Waals surface area contributed by atoms with E-state index >= 15 is 0 Å². The Morgan fingerprint density at radius 1 is 1.56 bits per heavy atom. The summed E-state index contributed by atoms with van der Waals surface area (Å²) in [5, 5.41) is 13.0. The third-order valence-corrected chi connectivity index (χ3v) is 2.35. The first-order valence-corrected chi connectivity index (χ1v) is 5.65. The van der Waals surface area contributed by atoms with Gasteiger partial charge in [0.15, 0.2) is 0 Å². The van der Waals surface area contributed by atoms with Crippen LogP contribution in [0.15, 0.2) is 0 Å². The summed E-state index contributed by atoms with van der Waals surface area (Å²) >= 11 is 0. The number of nitriles is 1. The number of nitrogen functional groups attached to an aromatic ring is 1. The van der Waals surface area contributed by atoms with Crippen molar-refractivity contribution in [2.45, 2.75) is 46.3 Å². The minimum atomic E-state index is -0.662. The number of carbonyl (C=O) groups excluding carboxylic acids is 1. The molecule has 6 nitrogen and oxygen atoms in total. The molecule has 0 amide bonds. The van der Waals surface area contributed by atoms with E-state index in [1.165, 1.54) is 4.68 Å². The van der Waals surface area contributed by atoms with Gasteiger partial charge in [0.2, 0.25) is 0 Å². The Morgan fingerprint density at radius 2 is 2.11 bits per heavy atom. The SMILES string of the molecule is Cc1nn(C(C)C(=O)OC(C)(C)C)c(N)c1C#N. The van der Waals surface area contributed by atoms with Gasteiger partial charge < -0.3 is 10.5 Å². The van der Waals surface area contributed by atoms with Gasteiger partial charge in [0.1, 0.15) is 29.1 Å². The molecule has 1 heterocycles. The number of anilines is 1. The Balaban J connectivity index is 3.02. The molecule has 2 N–H and O–H groups in total. The number of aryl methyl sites for hydroxylation is 1. The molecular formula is C12H18N4O2. The van der Waals surface area contributed by atoms with Crippen LogP contribution in [0.4, 0.5) is 5.82 Å². The molecule has 18 heavy (non-hydrogen) atoms. The Hall–Kier alpha value is -2.03. The molecular weight excluding hydrogens is 232 g/mol. The lowest BCUT2D eigenvalue weighted by Gasteiger charge is -2.22. The minimum Gasteiger partial charge on any atom is -0.458 e. The maximum absolute atomic E-state index is 11.9. The molecule has 6 heteroatoms. The van der Waals surface area contributed by atoms with Gasteiger partial charge >= 0.3 is 5.97 Å². The standard InChI is InChI=1S/C12H18N4O2/c1-7-9(6-13)10(14)16(15-7)8(2)11(17)18-12(3,4)5/h8H,14H2,1-5H3. The van der Waals surface area contributed by atoms with E-state index in [4.69, 9.17) is 15.7 Å². The van der Waals surface area contributed by atoms with Crippen molar-refractivity contribution in [3.05, 3.63) is 11.3 Å². The van der Waals surface area contributed by atoms with Crippen LogP contribution in [0.5, 0.6) is 0 Å². The summed E-state index contributed by atoms with van der Waals surface area (Å²) in [4.78, 5) is 11.9. The molecule has 0 bridgehead atoms. The van der Waals surface area contributed by atoms with Gasteiger partial charge in [-0.2, -0.15) is 10.4 Å². The fourth-order valence-corrected chi connectivity index (χ4v) is 1.49. The van der Waals surface area contributed by atoms with E-state index in [0.717, 1.165) is 0 Å². The monoisotopic (exact) mass is 250 g/mol. The number of aromatic nitrogens is 2. The molecule has 1 unspecified atom stereocenters. The van der Waals surface area contributed by atoms with Crippen LogP contribution in [-0.4, -0.2) is 21.4 Å². The van der Waals surface area contributed by atoms with Crippen LogP contribution >= 0.6 is 0 Å². The van der Waals surface area contributed by atoms with Crippen molar-refractivity contribution in [3.8, 4) is 6.07 Å². The second-order valence-corrected chi connectivity index (χ2v) is 5.11. The van der Waals surface area contributed by atoms with Crippen molar-refractivity contribution >= 4 is 11.8 Å². The molecule has 0 saturated carbocycles. The molecule has 1 aromatic rings. The van der Waals surface area contributed by atoms with Gasteiger partial charge in [0.25, 0.3) is 0 Å². The number of esters is 1. The average molecular weight is 250 g/mol. The maximum Gasteiger partial charge on any atom is 0.331 e. The van der Waals surface area contributed by atoms with Crippen LogP contribution in [0.25, 0.3) is 0 Å². The van der Waals surface area contributed by atoms with Crippen LogP contribution in [0.1, 0.15) is 45.0 Å². The highest BCUT2D eigenvalue weighted by atomic mass is 16.6. The molecule has 0 spiro atoms. The largest absolute Gasteiger partial charge is 0.458 e. The lowest BCUT2D eigenvalue weighted by atomic mass is 10.2. The number of carbonyl (C=O) groups is 1. The smallest absolute Gasteiger partial charge is 0.331 e. The van der Waals surface area contributed by atoms with Crippen LogP contribution in [-0.2, 0) is 9.53 Å². The fourth-order valence-electron chi connectivity index (χ4n) is 1.49. The first-order chi connectivity index (χ1) is 8.17. The molecule has 0 saturated heterocycles. The van der Waals surface area contributed by atoms with E-state index in [0.29, 0.717) is 11.3 Å². The van der Waals surface area contributed by atoms with Gasteiger partial charge in [0.05, 0.1) is 5.69 Å². The maximum atomic E-state index is 11.9. The van der Waals surface area contributed by atoms with E-state index in [9.17, 15) is 4.79 Å². The highest BCUT2D eigenvalue weighted by molar-refractivity contribution is 5.75. The zero-order valence-electron chi connectivity index (χ0n) is 11.3. The summed E-state index contributed by atoms with van der Waals surface area (Å²) in [6, 6.07) is 1.30. The van der Waals surface area contributed by atoms with Crippen molar-refractivity contribution in [1.29, 1.82) is 5.26 Å². The second-order valence-electron chi connectivity index (χ2n) is 5.11. The molecule has 1 aromatic heterocycles. The zero-order chi connectivity index (χ0) is 14.1. The van der Waals surface area contributed by atoms with Crippen molar-refractivity contribution < 1.29 is 9.53 Å². The van der Waals surface area contributed by atoms with Crippen LogP contribution < -0.4 is 5.73 Å². The Labute approximate surface area is 106 Å². The Bertz CT molecular complexity index is 505. The van der Waals surface area contributed by atoms with E-state index in [2.05, 4.69) is 5.10 Å². The van der Waals surface area contributed by atoms with E-state index in [1.54, 1.807) is 34.6 Å². The lowest BCUT2D eigenvalue weighted by molar-refractivity contribution is -0.158. The molecule has 1 atom stereocenters. The average Bonchev–Trinajstić information content (AvgIpc) is 2.50. The quantitative estimate of drug-likeness (QED) is 0.803. The predicted octanol–water partition coefficient (Wildman–Crippen LogP) is 1.55. The van der Waals surface area contributed by atoms with Crippen molar-refractivity contribution in [2.75, 3.05) is 5.73 Å². The number of hydrogen-bond donors (Lipinski definition) is 1. The van der Waals surface area contributed by atoms with Gasteiger partial charge in [0, 0.05) is 0 Å². The summed E-state index contributed by atoms with van der Waals surface area (Å²) in [6.07, 6.45) is 0. The Kier molecular flexibility index (Phi) is 3.65. The van der Waals surface area contributed by atoms with Gasteiger partial charge in [-0.05, 0) is 34.6 Å². The molecule has 1 rings (SSSR count). The highest BCUT2D eigenvalue weighted by Crippen LogP contribution is 2.21. The third kappa shape index (κ3) is 2.80. The van der Waals surface area contributed by atoms with E-state index in [-0.39, 0.29) is 5.82 Å². The number of nitrogens with two attached hydrogens (primary N) is 1. The van der Waals surface area contributed by atoms with Crippen molar-refractivity contribution in [3.63, 3.8) is 0 Å². The van der Waals surface area contributed by atoms with Gasteiger partial charge in [-0.15, -0.1) is 0 Å². The highest BCUT2D eigenvalue weighted by Gasteiger charge is 2.26. The van der Waals surface area contributed by atoms with Gasteiger partial charge in [-0.1, -0.05) is 0 Å². The molecule has 0 fully saturated rings. The minimum absolute atomic E-state index is 0.188. The van der Waals surface area contributed by atoms with E-state index < -0.39 is 17.6 Å². The first kappa shape index (κ1) is 14.0. The number of nitrogens with zero attached hydrogens (tertiary/aromatic N) is 3. The number of ether oxygens (including phenoxy) is 1. The summed E-state index contributed by atoms with van der Waals surface area (Å²) in [7, 11) is 0. The summed E-state index contributed by atoms with van der Waals surface area (Å²) in [5.74, 6) is -0.241. The van der Waals surface area contributed by atoms with E-state index in [1.807, 2.05) is 6.07 Å². The lowest BCUT2D eigenvalue weighted by Crippen LogP contribution is -2.30. The number of rotatable bonds is 2. The van der Waals surface area contributed by atoms with Gasteiger partial charge in [-0.3, -0.25) is 0 Å². The second kappa shape index (κ2) is 4.69. The molecule has 0 aromatic carbocycles. The molecule has 0 aliphatic heterocycles. The van der Waals surface area contributed by atoms with Gasteiger partial charge in [-0.25, -0.2) is 9.48 Å². The van der Waals surface area contributed by atoms with Crippen LogP contribution in [0.2, 0.25) is 0 Å². The molecule has 0 aliphatic rings. The third-order valence-electron chi connectivity index (χ3n) is 2.35. The molecule has 0 radical (unpaired) electrons. The summed E-state index contributed by atoms with van der Waals surface area (Å²) in [5.41, 5.74) is 6.02. The summed E-state index contributed by atoms with van der Waals surface area (Å²) in [6.45, 7) is 8.67. The normalized spacial score (nSPS) is 12.9. The zero-order valence-corrected chi connectivity index (χ0v) is 11.3. The molecule has 0 aliphatic carbocycles. The number of hydrogen-bond acceptors (Lipinski definition) is 5. The van der Waals surface area contributed by atoms with Crippen LogP contribution in [0.3, 0.4) is 0 Å². The van der Waals surface area contributed by atoms with Crippen LogP contribution in [0, 0.1) is 18.3 Å². The van der Waals surface area contributed by atoms with Crippen molar-refractivity contribution in [2.24, 2.45) is 0 Å². The molecule has 98 valence electrons. The predicted molar refractivity (Wildman–Crippen MR) is 66.6 cm³/mol.